The second-order valence-corrected chi connectivity index (χ2v) is 6.34. The summed E-state index contributed by atoms with van der Waals surface area (Å²) in [6, 6.07) is -0.726. The molecule has 1 rings (SSSR count). The van der Waals surface area contributed by atoms with Crippen LogP contribution in [0, 0.1) is 0 Å². The van der Waals surface area contributed by atoms with E-state index in [-0.39, 0.29) is 18.7 Å². The average molecular weight is 359 g/mol. The molecule has 1 heterocycles. The fourth-order valence-electron chi connectivity index (χ4n) is 2.98. The summed E-state index contributed by atoms with van der Waals surface area (Å²) in [5, 5.41) is 24.9. The van der Waals surface area contributed by atoms with Gasteiger partial charge in [0.15, 0.2) is 0 Å². The largest absolute Gasteiger partial charge is 0.478 e. The van der Waals surface area contributed by atoms with Crippen molar-refractivity contribution in [3.8, 4) is 0 Å². The third-order valence-electron chi connectivity index (χ3n) is 4.23. The van der Waals surface area contributed by atoms with E-state index in [1.54, 1.807) is 6.92 Å². The predicted octanol–water partition coefficient (Wildman–Crippen LogP) is -0.533. The maximum absolute atomic E-state index is 12.1. The zero-order valence-corrected chi connectivity index (χ0v) is 14.8. The first-order valence-electron chi connectivity index (χ1n) is 8.63. The fourth-order valence-corrected chi connectivity index (χ4v) is 2.98. The molecule has 4 atom stereocenters. The number of carboxylic acids is 1. The molecule has 1 saturated heterocycles. The van der Waals surface area contributed by atoms with Crippen LogP contribution in [0.15, 0.2) is 0 Å². The Bertz CT molecular complexity index is 486. The van der Waals surface area contributed by atoms with Crippen molar-refractivity contribution in [2.24, 2.45) is 5.73 Å². The van der Waals surface area contributed by atoms with Gasteiger partial charge in [0.2, 0.25) is 17.5 Å². The summed E-state index contributed by atoms with van der Waals surface area (Å²) in [7, 11) is 0. The topological polar surface area (TPSA) is 151 Å². The van der Waals surface area contributed by atoms with Gasteiger partial charge in [0.05, 0.1) is 18.2 Å². The molecule has 25 heavy (non-hydrogen) atoms. The average Bonchev–Trinajstić information content (AvgIpc) is 2.53. The lowest BCUT2D eigenvalue weighted by molar-refractivity contribution is -0.213. The first kappa shape index (κ1) is 21.3. The monoisotopic (exact) mass is 359 g/mol. The van der Waals surface area contributed by atoms with E-state index in [0.717, 1.165) is 12.8 Å². The standard InChI is InChI=1S/C16H29N3O6/c1-3-12-14(18-10(2)20)11(21)9-16(25-12,15(23)24)19-13(22)7-5-4-6-8-17/h11-12,14,21H,3-9,17H2,1-2H3,(H,18,20)(H,19,22)(H,23,24)/t11-,12-,14?,16+/m0/s1. The third kappa shape index (κ3) is 5.94. The van der Waals surface area contributed by atoms with Gasteiger partial charge in [-0.2, -0.15) is 0 Å². The summed E-state index contributed by atoms with van der Waals surface area (Å²) in [6.07, 6.45) is 0.436. The van der Waals surface area contributed by atoms with Crippen molar-refractivity contribution < 1.29 is 29.3 Å². The molecule has 9 heteroatoms. The van der Waals surface area contributed by atoms with Crippen LogP contribution in [0.5, 0.6) is 0 Å². The molecule has 1 fully saturated rings. The molecule has 6 N–H and O–H groups in total. The van der Waals surface area contributed by atoms with E-state index < -0.39 is 35.9 Å². The van der Waals surface area contributed by atoms with Gasteiger partial charge in [-0.1, -0.05) is 13.3 Å². The van der Waals surface area contributed by atoms with E-state index >= 15 is 0 Å². The Hall–Kier alpha value is -1.71. The number of carbonyl (C=O) groups is 3. The van der Waals surface area contributed by atoms with Crippen molar-refractivity contribution in [2.45, 2.75) is 76.3 Å². The number of carbonyl (C=O) groups excluding carboxylic acids is 2. The molecular weight excluding hydrogens is 330 g/mol. The number of nitrogens with one attached hydrogen (secondary N) is 2. The van der Waals surface area contributed by atoms with Crippen LogP contribution in [0.1, 0.15) is 52.4 Å². The number of unbranched alkanes of at least 4 members (excludes halogenated alkanes) is 2. The van der Waals surface area contributed by atoms with Crippen LogP contribution in [0.4, 0.5) is 0 Å². The van der Waals surface area contributed by atoms with Gasteiger partial charge >= 0.3 is 5.97 Å². The van der Waals surface area contributed by atoms with Crippen LogP contribution in [0.25, 0.3) is 0 Å². The highest BCUT2D eigenvalue weighted by molar-refractivity contribution is 5.86. The number of amides is 2. The minimum absolute atomic E-state index is 0.153. The van der Waals surface area contributed by atoms with Gasteiger partial charge in [0.1, 0.15) is 0 Å². The van der Waals surface area contributed by atoms with E-state index in [2.05, 4.69) is 10.6 Å². The van der Waals surface area contributed by atoms with Gasteiger partial charge in [-0.05, 0) is 25.8 Å². The molecule has 1 aliphatic rings. The van der Waals surface area contributed by atoms with Gasteiger partial charge in [-0.15, -0.1) is 0 Å². The van der Waals surface area contributed by atoms with Crippen molar-refractivity contribution in [1.82, 2.24) is 10.6 Å². The molecule has 144 valence electrons. The van der Waals surface area contributed by atoms with Gasteiger partial charge in [-0.3, -0.25) is 9.59 Å². The lowest BCUT2D eigenvalue weighted by Crippen LogP contribution is -2.68. The molecule has 0 radical (unpaired) electrons. The van der Waals surface area contributed by atoms with Crippen LogP contribution in [-0.4, -0.2) is 58.5 Å². The Morgan fingerprint density at radius 2 is 1.96 bits per heavy atom. The SMILES string of the molecule is CC[C@@H]1O[C@@](NC(=O)CCCCCN)(C(=O)O)C[C@H](O)C1NC(C)=O. The maximum atomic E-state index is 12.1. The molecular formula is C16H29N3O6. The molecule has 9 nitrogen and oxygen atoms in total. The number of ether oxygens (including phenoxy) is 1. The molecule has 0 aliphatic carbocycles. The van der Waals surface area contributed by atoms with E-state index in [1.165, 1.54) is 6.92 Å². The van der Waals surface area contributed by atoms with Crippen LogP contribution in [-0.2, 0) is 19.1 Å². The Morgan fingerprint density at radius 1 is 1.28 bits per heavy atom. The zero-order chi connectivity index (χ0) is 19.0. The lowest BCUT2D eigenvalue weighted by Gasteiger charge is -2.45. The minimum atomic E-state index is -2.00. The number of hydrogen-bond acceptors (Lipinski definition) is 6. The fraction of sp³-hybridized carbons (Fsp3) is 0.812. The molecule has 0 spiro atoms. The quantitative estimate of drug-likeness (QED) is 0.347. The first-order valence-corrected chi connectivity index (χ1v) is 8.63. The number of carboxylic acid groups (broad SMARTS) is 1. The number of nitrogens with two attached hydrogens (primary N) is 1. The van der Waals surface area contributed by atoms with Gasteiger partial charge < -0.3 is 31.3 Å². The van der Waals surface area contributed by atoms with E-state index in [9.17, 15) is 24.6 Å². The Labute approximate surface area is 147 Å². The van der Waals surface area contributed by atoms with Crippen molar-refractivity contribution in [3.63, 3.8) is 0 Å². The molecule has 1 aliphatic heterocycles. The molecule has 1 unspecified atom stereocenters. The number of aliphatic hydroxyl groups is 1. The smallest absolute Gasteiger partial charge is 0.357 e. The van der Waals surface area contributed by atoms with E-state index in [1.807, 2.05) is 0 Å². The zero-order valence-electron chi connectivity index (χ0n) is 14.8. The second-order valence-electron chi connectivity index (χ2n) is 6.34. The lowest BCUT2D eigenvalue weighted by atomic mass is 9.90. The summed E-state index contributed by atoms with van der Waals surface area (Å²) in [5.41, 5.74) is 3.39. The second kappa shape index (κ2) is 9.69. The number of hydrogen-bond donors (Lipinski definition) is 5. The highest BCUT2D eigenvalue weighted by atomic mass is 16.6. The van der Waals surface area contributed by atoms with Crippen molar-refractivity contribution in [1.29, 1.82) is 0 Å². The summed E-state index contributed by atoms with van der Waals surface area (Å²) >= 11 is 0. The van der Waals surface area contributed by atoms with Gasteiger partial charge in [0.25, 0.3) is 0 Å². The summed E-state index contributed by atoms with van der Waals surface area (Å²) in [4.78, 5) is 35.2. The number of rotatable bonds is 9. The summed E-state index contributed by atoms with van der Waals surface area (Å²) < 4.78 is 5.64. The van der Waals surface area contributed by atoms with Crippen LogP contribution in [0.3, 0.4) is 0 Å². The van der Waals surface area contributed by atoms with Crippen molar-refractivity contribution >= 4 is 17.8 Å². The van der Waals surface area contributed by atoms with Crippen molar-refractivity contribution in [2.75, 3.05) is 6.54 Å². The van der Waals surface area contributed by atoms with Crippen LogP contribution < -0.4 is 16.4 Å². The summed E-state index contributed by atoms with van der Waals surface area (Å²) in [5.74, 6) is -2.18. The van der Waals surface area contributed by atoms with Crippen LogP contribution in [0.2, 0.25) is 0 Å². The summed E-state index contributed by atoms with van der Waals surface area (Å²) in [6.45, 7) is 3.60. The Balaban J connectivity index is 2.82. The highest BCUT2D eigenvalue weighted by Crippen LogP contribution is 2.30. The molecule has 0 aromatic heterocycles. The number of aliphatic carboxylic acids is 1. The predicted molar refractivity (Wildman–Crippen MR) is 89.4 cm³/mol. The van der Waals surface area contributed by atoms with Gasteiger partial charge in [-0.25, -0.2) is 4.79 Å². The molecule has 2 amide bonds. The minimum Gasteiger partial charge on any atom is -0.478 e. The van der Waals surface area contributed by atoms with E-state index in [0.29, 0.717) is 19.4 Å². The molecule has 0 aromatic carbocycles. The Morgan fingerprint density at radius 3 is 2.48 bits per heavy atom. The first-order chi connectivity index (χ1) is 11.8. The number of aliphatic hydroxyl groups excluding tert-OH is 1. The molecule has 0 bridgehead atoms. The molecule has 0 aromatic rings. The highest BCUT2D eigenvalue weighted by Gasteiger charge is 2.52. The van der Waals surface area contributed by atoms with Gasteiger partial charge in [0, 0.05) is 19.8 Å². The maximum Gasteiger partial charge on any atom is 0.357 e. The van der Waals surface area contributed by atoms with Crippen LogP contribution >= 0.6 is 0 Å². The van der Waals surface area contributed by atoms with Crippen molar-refractivity contribution in [3.05, 3.63) is 0 Å². The normalized spacial score (nSPS) is 29.0. The molecule has 0 saturated carbocycles. The Kier molecular flexibility index (Phi) is 8.27. The third-order valence-corrected chi connectivity index (χ3v) is 4.23. The van der Waals surface area contributed by atoms with E-state index in [4.69, 9.17) is 10.5 Å².